The van der Waals surface area contributed by atoms with E-state index in [1.54, 1.807) is 13.8 Å². The number of carbonyl (C=O) groups excluding carboxylic acids is 2. The molecule has 78 valence electrons. The van der Waals surface area contributed by atoms with Crippen molar-refractivity contribution in [2.75, 3.05) is 0 Å². The van der Waals surface area contributed by atoms with Crippen LogP contribution in [0.4, 0.5) is 0 Å². The Bertz CT molecular complexity index is 288. The van der Waals surface area contributed by atoms with Crippen LogP contribution in [-0.4, -0.2) is 17.5 Å². The largest absolute Gasteiger partial charge is 0.460 e. The van der Waals surface area contributed by atoms with Gasteiger partial charge in [0.15, 0.2) is 0 Å². The van der Waals surface area contributed by atoms with E-state index in [-0.39, 0.29) is 5.78 Å². The van der Waals surface area contributed by atoms with Crippen LogP contribution in [0.5, 0.6) is 0 Å². The van der Waals surface area contributed by atoms with Crippen molar-refractivity contribution in [2.45, 2.75) is 39.4 Å². The lowest BCUT2D eigenvalue weighted by atomic mass is 10.1. The Morgan fingerprint density at radius 3 is 2.64 bits per heavy atom. The number of Topliss-reactive ketones (excluding diaryl/α,β-unsaturated/α-hetero) is 1. The number of rotatable bonds is 3. The summed E-state index contributed by atoms with van der Waals surface area (Å²) in [6.45, 7) is 4.80. The Morgan fingerprint density at radius 1 is 1.50 bits per heavy atom. The zero-order valence-electron chi connectivity index (χ0n) is 8.62. The fourth-order valence-electron chi connectivity index (χ4n) is 1.05. The molecule has 0 spiro atoms. The first-order valence-corrected chi connectivity index (χ1v) is 4.50. The Kier molecular flexibility index (Phi) is 2.93. The summed E-state index contributed by atoms with van der Waals surface area (Å²) < 4.78 is 10.1. The molecule has 0 fully saturated rings. The third-order valence-electron chi connectivity index (χ3n) is 1.83. The average molecular weight is 198 g/mol. The smallest absolute Gasteiger partial charge is 0.340 e. The maximum absolute atomic E-state index is 11.3. The van der Waals surface area contributed by atoms with E-state index in [1.807, 2.05) is 0 Å². The Hall–Kier alpha value is -1.32. The van der Waals surface area contributed by atoms with Crippen molar-refractivity contribution in [2.24, 2.45) is 0 Å². The molecule has 14 heavy (non-hydrogen) atoms. The molecule has 0 saturated heterocycles. The minimum Gasteiger partial charge on any atom is -0.460 e. The quantitative estimate of drug-likeness (QED) is 0.645. The molecule has 0 aliphatic carbocycles. The predicted octanol–water partition coefficient (Wildman–Crippen LogP) is 1.55. The van der Waals surface area contributed by atoms with Gasteiger partial charge in [0.25, 0.3) is 0 Å². The maximum Gasteiger partial charge on any atom is 0.340 e. The van der Waals surface area contributed by atoms with E-state index in [9.17, 15) is 9.59 Å². The van der Waals surface area contributed by atoms with Gasteiger partial charge in [0.2, 0.25) is 5.79 Å². The SMILES string of the molecule is CC(=O)CCC1=COC(C)(C)OC1=O. The van der Waals surface area contributed by atoms with Crippen LogP contribution in [0, 0.1) is 0 Å². The van der Waals surface area contributed by atoms with Crippen LogP contribution >= 0.6 is 0 Å². The van der Waals surface area contributed by atoms with Crippen molar-refractivity contribution in [3.8, 4) is 0 Å². The molecule has 0 saturated carbocycles. The van der Waals surface area contributed by atoms with E-state index in [0.29, 0.717) is 18.4 Å². The Labute approximate surface area is 82.9 Å². The molecule has 0 unspecified atom stereocenters. The van der Waals surface area contributed by atoms with E-state index in [4.69, 9.17) is 9.47 Å². The molecule has 1 aliphatic rings. The van der Waals surface area contributed by atoms with Crippen LogP contribution in [0.2, 0.25) is 0 Å². The van der Waals surface area contributed by atoms with E-state index in [1.165, 1.54) is 13.2 Å². The molecule has 1 heterocycles. The zero-order valence-corrected chi connectivity index (χ0v) is 8.62. The molecule has 4 heteroatoms. The van der Waals surface area contributed by atoms with E-state index >= 15 is 0 Å². The van der Waals surface area contributed by atoms with Crippen molar-refractivity contribution < 1.29 is 19.1 Å². The molecular formula is C10H14O4. The van der Waals surface area contributed by atoms with Crippen molar-refractivity contribution >= 4 is 11.8 Å². The molecule has 0 atom stereocenters. The molecule has 1 rings (SSSR count). The summed E-state index contributed by atoms with van der Waals surface area (Å²) in [5.74, 6) is -1.25. The predicted molar refractivity (Wildman–Crippen MR) is 49.3 cm³/mol. The first kappa shape index (κ1) is 10.8. The van der Waals surface area contributed by atoms with Gasteiger partial charge in [-0.15, -0.1) is 0 Å². The summed E-state index contributed by atoms with van der Waals surface area (Å²) in [5, 5.41) is 0. The van der Waals surface area contributed by atoms with Crippen LogP contribution in [0.25, 0.3) is 0 Å². The van der Waals surface area contributed by atoms with Crippen LogP contribution in [0.3, 0.4) is 0 Å². The normalized spacial score (nSPS) is 19.4. The van der Waals surface area contributed by atoms with Gasteiger partial charge in [-0.3, -0.25) is 0 Å². The summed E-state index contributed by atoms with van der Waals surface area (Å²) in [4.78, 5) is 22.0. The molecule has 0 bridgehead atoms. The summed E-state index contributed by atoms with van der Waals surface area (Å²) in [6, 6.07) is 0. The van der Waals surface area contributed by atoms with E-state index < -0.39 is 11.8 Å². The lowest BCUT2D eigenvalue weighted by Crippen LogP contribution is -2.34. The number of esters is 1. The minimum atomic E-state index is -0.892. The average Bonchev–Trinajstić information content (AvgIpc) is 2.00. The van der Waals surface area contributed by atoms with Crippen molar-refractivity contribution in [3.05, 3.63) is 11.8 Å². The highest BCUT2D eigenvalue weighted by Gasteiger charge is 2.30. The first-order chi connectivity index (χ1) is 6.41. The number of hydrogen-bond donors (Lipinski definition) is 0. The first-order valence-electron chi connectivity index (χ1n) is 4.50. The second-order valence-corrected chi connectivity index (χ2v) is 3.75. The zero-order chi connectivity index (χ0) is 10.8. The molecule has 0 amide bonds. The van der Waals surface area contributed by atoms with Gasteiger partial charge in [0.05, 0.1) is 11.8 Å². The fraction of sp³-hybridized carbons (Fsp3) is 0.600. The minimum absolute atomic E-state index is 0.0449. The van der Waals surface area contributed by atoms with Crippen LogP contribution < -0.4 is 0 Å². The van der Waals surface area contributed by atoms with Gasteiger partial charge >= 0.3 is 5.97 Å². The highest BCUT2D eigenvalue weighted by Crippen LogP contribution is 2.22. The molecule has 0 radical (unpaired) electrons. The second-order valence-electron chi connectivity index (χ2n) is 3.75. The number of ketones is 1. The fourth-order valence-corrected chi connectivity index (χ4v) is 1.05. The molecule has 0 aromatic carbocycles. The Balaban J connectivity index is 2.59. The van der Waals surface area contributed by atoms with Crippen molar-refractivity contribution in [1.29, 1.82) is 0 Å². The van der Waals surface area contributed by atoms with Crippen LogP contribution in [0.1, 0.15) is 33.6 Å². The van der Waals surface area contributed by atoms with E-state index in [0.717, 1.165) is 0 Å². The summed E-state index contributed by atoms with van der Waals surface area (Å²) in [6.07, 6.45) is 2.10. The van der Waals surface area contributed by atoms with Gasteiger partial charge in [-0.25, -0.2) is 4.79 Å². The molecule has 0 N–H and O–H groups in total. The lowest BCUT2D eigenvalue weighted by molar-refractivity contribution is -0.201. The number of carbonyl (C=O) groups is 2. The summed E-state index contributed by atoms with van der Waals surface area (Å²) in [5.41, 5.74) is 0.416. The molecule has 4 nitrogen and oxygen atoms in total. The van der Waals surface area contributed by atoms with E-state index in [2.05, 4.69) is 0 Å². The maximum atomic E-state index is 11.3. The topological polar surface area (TPSA) is 52.6 Å². The standard InChI is InChI=1S/C10H14O4/c1-7(11)4-5-8-6-13-10(2,3)14-9(8)12/h6H,4-5H2,1-3H3. The van der Waals surface area contributed by atoms with Gasteiger partial charge in [0, 0.05) is 20.3 Å². The number of hydrogen-bond acceptors (Lipinski definition) is 4. The monoisotopic (exact) mass is 198 g/mol. The molecular weight excluding hydrogens is 184 g/mol. The molecule has 1 aliphatic heterocycles. The Morgan fingerprint density at radius 2 is 2.14 bits per heavy atom. The van der Waals surface area contributed by atoms with Crippen LogP contribution in [0.15, 0.2) is 11.8 Å². The molecule has 0 aromatic rings. The second kappa shape index (κ2) is 3.82. The van der Waals surface area contributed by atoms with Gasteiger partial charge in [-0.1, -0.05) is 0 Å². The number of ether oxygens (including phenoxy) is 2. The lowest BCUT2D eigenvalue weighted by Gasteiger charge is -2.28. The van der Waals surface area contributed by atoms with Crippen LogP contribution in [-0.2, 0) is 19.1 Å². The molecule has 0 aromatic heterocycles. The van der Waals surface area contributed by atoms with Crippen molar-refractivity contribution in [1.82, 2.24) is 0 Å². The van der Waals surface area contributed by atoms with Gasteiger partial charge in [-0.05, 0) is 13.3 Å². The van der Waals surface area contributed by atoms with Gasteiger partial charge in [-0.2, -0.15) is 0 Å². The summed E-state index contributed by atoms with van der Waals surface area (Å²) >= 11 is 0. The third kappa shape index (κ3) is 2.87. The number of cyclic esters (lactones) is 1. The van der Waals surface area contributed by atoms with Crippen molar-refractivity contribution in [3.63, 3.8) is 0 Å². The highest BCUT2D eigenvalue weighted by molar-refractivity contribution is 5.90. The van der Waals surface area contributed by atoms with Gasteiger partial charge in [0.1, 0.15) is 5.78 Å². The summed E-state index contributed by atoms with van der Waals surface area (Å²) in [7, 11) is 0. The highest BCUT2D eigenvalue weighted by atomic mass is 16.7. The third-order valence-corrected chi connectivity index (χ3v) is 1.83. The van der Waals surface area contributed by atoms with Gasteiger partial charge < -0.3 is 14.3 Å².